The topological polar surface area (TPSA) is 59.2 Å². The minimum absolute atomic E-state index is 0.292. The van der Waals surface area contributed by atoms with Crippen molar-refractivity contribution in [2.24, 2.45) is 0 Å². The van der Waals surface area contributed by atoms with Crippen LogP contribution in [0.2, 0.25) is 0 Å². The van der Waals surface area contributed by atoms with E-state index in [1.165, 1.54) is 0 Å². The number of ether oxygens (including phenoxy) is 2. The first-order valence-corrected chi connectivity index (χ1v) is 7.07. The molecule has 110 valence electrons. The van der Waals surface area contributed by atoms with E-state index >= 15 is 0 Å². The minimum Gasteiger partial charge on any atom is -0.454 e. The van der Waals surface area contributed by atoms with E-state index in [0.717, 1.165) is 39.3 Å². The van der Waals surface area contributed by atoms with Crippen molar-refractivity contribution in [1.82, 2.24) is 10.2 Å². The molecule has 0 fully saturated rings. The summed E-state index contributed by atoms with van der Waals surface area (Å²) in [5.74, 6) is 1.58. The molecule has 5 heteroatoms. The minimum atomic E-state index is 0.292. The standard InChI is InChI=1S/C17H15N3O2/c1-18-12-4-5-13-14(19-20-15(13)9-12)6-2-11-3-7-16-17(8-11)22-10-21-16/h2-9,18H,10H2,1H3,(H,19,20). The molecule has 1 aromatic heterocycles. The second-order valence-electron chi connectivity index (χ2n) is 5.07. The van der Waals surface area contributed by atoms with Gasteiger partial charge in [-0.25, -0.2) is 0 Å². The average molecular weight is 293 g/mol. The highest BCUT2D eigenvalue weighted by Crippen LogP contribution is 2.33. The molecule has 0 aliphatic carbocycles. The van der Waals surface area contributed by atoms with E-state index in [1.807, 2.05) is 49.5 Å². The van der Waals surface area contributed by atoms with Gasteiger partial charge in [0.15, 0.2) is 11.5 Å². The van der Waals surface area contributed by atoms with Crippen molar-refractivity contribution in [3.8, 4) is 11.5 Å². The zero-order chi connectivity index (χ0) is 14.9. The summed E-state index contributed by atoms with van der Waals surface area (Å²) in [5.41, 5.74) is 4.03. The van der Waals surface area contributed by atoms with Crippen LogP contribution in [0.3, 0.4) is 0 Å². The van der Waals surface area contributed by atoms with Gasteiger partial charge in [0.1, 0.15) is 0 Å². The molecule has 0 unspecified atom stereocenters. The number of nitrogens with zero attached hydrogens (tertiary/aromatic N) is 1. The van der Waals surface area contributed by atoms with E-state index in [1.54, 1.807) is 0 Å². The zero-order valence-corrected chi connectivity index (χ0v) is 12.1. The van der Waals surface area contributed by atoms with Gasteiger partial charge >= 0.3 is 0 Å². The summed E-state index contributed by atoms with van der Waals surface area (Å²) in [7, 11) is 1.90. The van der Waals surface area contributed by atoms with Crippen LogP contribution < -0.4 is 14.8 Å². The number of aromatic nitrogens is 2. The van der Waals surface area contributed by atoms with Gasteiger partial charge in [-0.3, -0.25) is 5.10 Å². The SMILES string of the molecule is CNc1ccc2c(C=Cc3ccc4c(c3)OCO4)n[nH]c2c1. The van der Waals surface area contributed by atoms with Crippen LogP contribution in [0.4, 0.5) is 5.69 Å². The molecule has 0 saturated heterocycles. The summed E-state index contributed by atoms with van der Waals surface area (Å²) in [4.78, 5) is 0. The Labute approximate surface area is 127 Å². The Bertz CT molecular complexity index is 867. The summed E-state index contributed by atoms with van der Waals surface area (Å²) < 4.78 is 10.7. The van der Waals surface area contributed by atoms with E-state index in [-0.39, 0.29) is 0 Å². The zero-order valence-electron chi connectivity index (χ0n) is 12.1. The second kappa shape index (κ2) is 5.11. The summed E-state index contributed by atoms with van der Waals surface area (Å²) >= 11 is 0. The fraction of sp³-hybridized carbons (Fsp3) is 0.118. The van der Waals surface area contributed by atoms with Gasteiger partial charge in [0, 0.05) is 18.1 Å². The Morgan fingerprint density at radius 1 is 1.09 bits per heavy atom. The van der Waals surface area contributed by atoms with Crippen LogP contribution in [-0.4, -0.2) is 24.0 Å². The van der Waals surface area contributed by atoms with E-state index in [4.69, 9.17) is 9.47 Å². The first-order chi connectivity index (χ1) is 10.8. The van der Waals surface area contributed by atoms with Gasteiger partial charge in [0.25, 0.3) is 0 Å². The number of anilines is 1. The maximum Gasteiger partial charge on any atom is 0.231 e. The van der Waals surface area contributed by atoms with E-state index < -0.39 is 0 Å². The van der Waals surface area contributed by atoms with Gasteiger partial charge in [-0.2, -0.15) is 5.10 Å². The highest BCUT2D eigenvalue weighted by atomic mass is 16.7. The molecule has 0 amide bonds. The van der Waals surface area contributed by atoms with Crippen molar-refractivity contribution >= 4 is 28.7 Å². The lowest BCUT2D eigenvalue weighted by Gasteiger charge is -1.99. The Morgan fingerprint density at radius 2 is 2.00 bits per heavy atom. The number of fused-ring (bicyclic) bond motifs is 2. The number of hydrogen-bond donors (Lipinski definition) is 2. The number of nitrogens with one attached hydrogen (secondary N) is 2. The molecule has 0 saturated carbocycles. The van der Waals surface area contributed by atoms with E-state index in [9.17, 15) is 0 Å². The Balaban J connectivity index is 1.65. The lowest BCUT2D eigenvalue weighted by molar-refractivity contribution is 0.174. The number of hydrogen-bond acceptors (Lipinski definition) is 4. The molecule has 2 N–H and O–H groups in total. The molecular formula is C17H15N3O2. The molecule has 0 atom stereocenters. The molecule has 0 bridgehead atoms. The third-order valence-electron chi connectivity index (χ3n) is 3.71. The summed E-state index contributed by atoms with van der Waals surface area (Å²) in [6.45, 7) is 0.292. The normalized spacial score (nSPS) is 13.1. The lowest BCUT2D eigenvalue weighted by atomic mass is 10.1. The van der Waals surface area contributed by atoms with Crippen LogP contribution >= 0.6 is 0 Å². The molecule has 2 aromatic carbocycles. The van der Waals surface area contributed by atoms with Gasteiger partial charge in [-0.05, 0) is 42.0 Å². The lowest BCUT2D eigenvalue weighted by Crippen LogP contribution is -1.92. The predicted octanol–water partition coefficient (Wildman–Crippen LogP) is 3.50. The molecule has 0 radical (unpaired) electrons. The first kappa shape index (κ1) is 12.8. The van der Waals surface area contributed by atoms with Crippen molar-refractivity contribution in [1.29, 1.82) is 0 Å². The van der Waals surface area contributed by atoms with Gasteiger partial charge in [0.05, 0.1) is 11.2 Å². The Hall–Kier alpha value is -2.95. The van der Waals surface area contributed by atoms with E-state index in [0.29, 0.717) is 6.79 Å². The fourth-order valence-corrected chi connectivity index (χ4v) is 2.52. The molecule has 4 rings (SSSR count). The maximum atomic E-state index is 5.39. The number of rotatable bonds is 3. The van der Waals surface area contributed by atoms with Gasteiger partial charge in [-0.15, -0.1) is 0 Å². The Kier molecular flexibility index (Phi) is 2.96. The number of aromatic amines is 1. The third kappa shape index (κ3) is 2.16. The highest BCUT2D eigenvalue weighted by Gasteiger charge is 2.12. The average Bonchev–Trinajstić information content (AvgIpc) is 3.18. The van der Waals surface area contributed by atoms with E-state index in [2.05, 4.69) is 21.6 Å². The maximum absolute atomic E-state index is 5.39. The van der Waals surface area contributed by atoms with Gasteiger partial charge in [-0.1, -0.05) is 12.1 Å². The third-order valence-corrected chi connectivity index (χ3v) is 3.71. The molecule has 3 aromatic rings. The molecular weight excluding hydrogens is 278 g/mol. The largest absolute Gasteiger partial charge is 0.454 e. The van der Waals surface area contributed by atoms with Crippen molar-refractivity contribution in [3.05, 3.63) is 47.7 Å². The summed E-state index contributed by atoms with van der Waals surface area (Å²) in [5, 5.41) is 11.6. The van der Waals surface area contributed by atoms with Crippen molar-refractivity contribution < 1.29 is 9.47 Å². The predicted molar refractivity (Wildman–Crippen MR) is 87.1 cm³/mol. The molecule has 0 spiro atoms. The van der Waals surface area contributed by atoms with Crippen molar-refractivity contribution in [2.75, 3.05) is 19.2 Å². The van der Waals surface area contributed by atoms with Crippen LogP contribution in [0.1, 0.15) is 11.3 Å². The molecule has 1 aliphatic heterocycles. The van der Waals surface area contributed by atoms with Crippen LogP contribution in [-0.2, 0) is 0 Å². The fourth-order valence-electron chi connectivity index (χ4n) is 2.52. The van der Waals surface area contributed by atoms with Gasteiger partial charge in [0.2, 0.25) is 6.79 Å². The first-order valence-electron chi connectivity index (χ1n) is 7.07. The smallest absolute Gasteiger partial charge is 0.231 e. The van der Waals surface area contributed by atoms with Crippen LogP contribution in [0, 0.1) is 0 Å². The van der Waals surface area contributed by atoms with Crippen molar-refractivity contribution in [2.45, 2.75) is 0 Å². The van der Waals surface area contributed by atoms with Crippen molar-refractivity contribution in [3.63, 3.8) is 0 Å². The Morgan fingerprint density at radius 3 is 2.91 bits per heavy atom. The summed E-state index contributed by atoms with van der Waals surface area (Å²) in [6, 6.07) is 12.0. The van der Waals surface area contributed by atoms with Crippen LogP contribution in [0.15, 0.2) is 36.4 Å². The monoisotopic (exact) mass is 293 g/mol. The quantitative estimate of drug-likeness (QED) is 0.776. The molecule has 2 heterocycles. The second-order valence-corrected chi connectivity index (χ2v) is 5.07. The number of H-pyrrole nitrogens is 1. The summed E-state index contributed by atoms with van der Waals surface area (Å²) in [6.07, 6.45) is 4.01. The van der Waals surface area contributed by atoms with Crippen LogP contribution in [0.5, 0.6) is 11.5 Å². The number of benzene rings is 2. The molecule has 22 heavy (non-hydrogen) atoms. The van der Waals surface area contributed by atoms with Gasteiger partial charge < -0.3 is 14.8 Å². The molecule has 1 aliphatic rings. The molecule has 5 nitrogen and oxygen atoms in total. The van der Waals surface area contributed by atoms with Crippen LogP contribution in [0.25, 0.3) is 23.1 Å². The highest BCUT2D eigenvalue weighted by molar-refractivity contribution is 5.91.